The number of hydrogen-bond donors (Lipinski definition) is 1. The summed E-state index contributed by atoms with van der Waals surface area (Å²) < 4.78 is 10.6. The maximum absolute atomic E-state index is 12.8. The Bertz CT molecular complexity index is 838. The molecule has 1 atom stereocenters. The van der Waals surface area contributed by atoms with Crippen molar-refractivity contribution >= 4 is 23.2 Å². The smallest absolute Gasteiger partial charge is 0.241 e. The fourth-order valence-corrected chi connectivity index (χ4v) is 3.73. The Morgan fingerprint density at radius 2 is 1.86 bits per heavy atom. The van der Waals surface area contributed by atoms with Crippen LogP contribution in [-0.2, 0) is 11.3 Å². The van der Waals surface area contributed by atoms with Crippen LogP contribution in [-0.4, -0.2) is 62.1 Å². The van der Waals surface area contributed by atoms with Gasteiger partial charge < -0.3 is 14.8 Å². The van der Waals surface area contributed by atoms with E-state index < -0.39 is 0 Å². The first-order chi connectivity index (χ1) is 14.0. The summed E-state index contributed by atoms with van der Waals surface area (Å²) in [5, 5.41) is 3.74. The molecule has 0 bridgehead atoms. The minimum Gasteiger partial charge on any atom is -0.497 e. The highest BCUT2D eigenvalue weighted by atomic mass is 35.5. The number of methoxy groups -OCH3 is 2. The molecular weight excluding hydrogens is 390 g/mol. The van der Waals surface area contributed by atoms with Crippen LogP contribution in [0.5, 0.6) is 11.5 Å². The van der Waals surface area contributed by atoms with Crippen molar-refractivity contribution in [3.63, 3.8) is 0 Å². The number of anilines is 1. The maximum atomic E-state index is 12.8. The number of benzene rings is 2. The third-order valence-corrected chi connectivity index (χ3v) is 5.53. The summed E-state index contributed by atoms with van der Waals surface area (Å²) in [5.41, 5.74) is 1.82. The molecule has 0 saturated carbocycles. The minimum atomic E-state index is -0.237. The molecule has 6 nitrogen and oxygen atoms in total. The topological polar surface area (TPSA) is 54.0 Å². The van der Waals surface area contributed by atoms with E-state index in [9.17, 15) is 4.79 Å². The SMILES string of the molecule is COc1ccc(OC)c(NC(=O)C(C)N2CCN(Cc3cccc(Cl)c3)CC2)c1. The molecule has 2 aromatic carbocycles. The molecule has 1 N–H and O–H groups in total. The van der Waals surface area contributed by atoms with Crippen LogP contribution in [0.2, 0.25) is 5.02 Å². The van der Waals surface area contributed by atoms with E-state index in [1.165, 1.54) is 5.56 Å². The molecule has 1 saturated heterocycles. The largest absolute Gasteiger partial charge is 0.497 e. The fourth-order valence-electron chi connectivity index (χ4n) is 3.52. The lowest BCUT2D eigenvalue weighted by atomic mass is 10.1. The second kappa shape index (κ2) is 9.96. The number of ether oxygens (including phenoxy) is 2. The van der Waals surface area contributed by atoms with Crippen LogP contribution in [0.1, 0.15) is 12.5 Å². The third kappa shape index (κ3) is 5.63. The van der Waals surface area contributed by atoms with Gasteiger partial charge in [-0.05, 0) is 36.8 Å². The zero-order valence-electron chi connectivity index (χ0n) is 17.2. The van der Waals surface area contributed by atoms with Gasteiger partial charge in [-0.1, -0.05) is 23.7 Å². The van der Waals surface area contributed by atoms with Crippen LogP contribution in [0.25, 0.3) is 0 Å². The van der Waals surface area contributed by atoms with E-state index in [4.69, 9.17) is 21.1 Å². The number of amides is 1. The summed E-state index contributed by atoms with van der Waals surface area (Å²) in [7, 11) is 3.18. The molecule has 1 fully saturated rings. The van der Waals surface area contributed by atoms with Crippen LogP contribution in [0.4, 0.5) is 5.69 Å². The van der Waals surface area contributed by atoms with Gasteiger partial charge >= 0.3 is 0 Å². The van der Waals surface area contributed by atoms with E-state index in [-0.39, 0.29) is 11.9 Å². The van der Waals surface area contributed by atoms with Crippen LogP contribution >= 0.6 is 11.6 Å². The Morgan fingerprint density at radius 3 is 2.52 bits per heavy atom. The van der Waals surface area contributed by atoms with Crippen molar-refractivity contribution in [3.05, 3.63) is 53.1 Å². The van der Waals surface area contributed by atoms with Crippen molar-refractivity contribution in [2.24, 2.45) is 0 Å². The Hall–Kier alpha value is -2.28. The Balaban J connectivity index is 1.55. The van der Waals surface area contributed by atoms with E-state index in [1.807, 2.05) is 25.1 Å². The van der Waals surface area contributed by atoms with Crippen LogP contribution in [0.15, 0.2) is 42.5 Å². The van der Waals surface area contributed by atoms with Gasteiger partial charge in [0.1, 0.15) is 11.5 Å². The number of carbonyl (C=O) groups is 1. The molecule has 7 heteroatoms. The van der Waals surface area contributed by atoms with E-state index in [1.54, 1.807) is 32.4 Å². The molecule has 1 aliphatic heterocycles. The summed E-state index contributed by atoms with van der Waals surface area (Å²) in [5.74, 6) is 1.22. The Labute approximate surface area is 177 Å². The normalized spacial score (nSPS) is 16.3. The highest BCUT2D eigenvalue weighted by Gasteiger charge is 2.26. The molecule has 1 aliphatic rings. The van der Waals surface area contributed by atoms with Crippen molar-refractivity contribution in [1.29, 1.82) is 0 Å². The van der Waals surface area contributed by atoms with Crippen molar-refractivity contribution < 1.29 is 14.3 Å². The number of nitrogens with one attached hydrogen (secondary N) is 1. The van der Waals surface area contributed by atoms with Gasteiger partial charge in [0.15, 0.2) is 0 Å². The highest BCUT2D eigenvalue weighted by molar-refractivity contribution is 6.30. The lowest BCUT2D eigenvalue weighted by Crippen LogP contribution is -2.52. The molecule has 0 radical (unpaired) electrons. The monoisotopic (exact) mass is 417 g/mol. The van der Waals surface area contributed by atoms with Crippen molar-refractivity contribution in [2.75, 3.05) is 45.7 Å². The van der Waals surface area contributed by atoms with E-state index in [0.717, 1.165) is 37.7 Å². The van der Waals surface area contributed by atoms with Crippen molar-refractivity contribution in [3.8, 4) is 11.5 Å². The average Bonchev–Trinajstić information content (AvgIpc) is 2.73. The highest BCUT2D eigenvalue weighted by Crippen LogP contribution is 2.29. The number of piperazine rings is 1. The fraction of sp³-hybridized carbons (Fsp3) is 0.409. The van der Waals surface area contributed by atoms with Crippen LogP contribution < -0.4 is 14.8 Å². The molecule has 1 heterocycles. The predicted octanol–water partition coefficient (Wildman–Crippen LogP) is 3.50. The van der Waals surface area contributed by atoms with Crippen molar-refractivity contribution in [2.45, 2.75) is 19.5 Å². The average molecular weight is 418 g/mol. The first-order valence-electron chi connectivity index (χ1n) is 9.74. The summed E-state index contributed by atoms with van der Waals surface area (Å²) in [4.78, 5) is 17.4. The van der Waals surface area contributed by atoms with E-state index in [2.05, 4.69) is 21.2 Å². The third-order valence-electron chi connectivity index (χ3n) is 5.29. The molecule has 1 amide bonds. The van der Waals surface area contributed by atoms with Gasteiger partial charge in [-0.25, -0.2) is 0 Å². The summed E-state index contributed by atoms with van der Waals surface area (Å²) >= 11 is 6.08. The quantitative estimate of drug-likeness (QED) is 0.747. The molecule has 2 aromatic rings. The van der Waals surface area contributed by atoms with Gasteiger partial charge in [-0.15, -0.1) is 0 Å². The van der Waals surface area contributed by atoms with Gasteiger partial charge in [0.2, 0.25) is 5.91 Å². The van der Waals surface area contributed by atoms with E-state index >= 15 is 0 Å². The van der Waals surface area contributed by atoms with Crippen molar-refractivity contribution in [1.82, 2.24) is 9.80 Å². The molecule has 29 heavy (non-hydrogen) atoms. The first-order valence-corrected chi connectivity index (χ1v) is 10.1. The molecule has 156 valence electrons. The molecular formula is C22H28ClN3O3. The maximum Gasteiger partial charge on any atom is 0.241 e. The standard InChI is InChI=1S/C22H28ClN3O3/c1-16(22(27)24-20-14-19(28-2)7-8-21(20)29-3)26-11-9-25(10-12-26)15-17-5-4-6-18(23)13-17/h4-8,13-14,16H,9-12,15H2,1-3H3,(H,24,27). The van der Waals surface area contributed by atoms with Gasteiger partial charge in [-0.2, -0.15) is 0 Å². The van der Waals surface area contributed by atoms with Gasteiger partial charge in [0, 0.05) is 43.8 Å². The van der Waals surface area contributed by atoms with Gasteiger partial charge in [-0.3, -0.25) is 14.6 Å². The second-order valence-electron chi connectivity index (χ2n) is 7.17. The number of halogens is 1. The zero-order chi connectivity index (χ0) is 20.8. The first kappa shape index (κ1) is 21.4. The lowest BCUT2D eigenvalue weighted by molar-refractivity contribution is -0.121. The molecule has 1 unspecified atom stereocenters. The van der Waals surface area contributed by atoms with Crippen LogP contribution in [0, 0.1) is 0 Å². The molecule has 0 spiro atoms. The molecule has 0 aliphatic carbocycles. The second-order valence-corrected chi connectivity index (χ2v) is 7.61. The lowest BCUT2D eigenvalue weighted by Gasteiger charge is -2.37. The Morgan fingerprint density at radius 1 is 1.10 bits per heavy atom. The minimum absolute atomic E-state index is 0.0557. The van der Waals surface area contributed by atoms with Gasteiger partial charge in [0.05, 0.1) is 25.9 Å². The van der Waals surface area contributed by atoms with E-state index in [0.29, 0.717) is 17.2 Å². The summed E-state index contributed by atoms with van der Waals surface area (Å²) in [6.45, 7) is 6.30. The zero-order valence-corrected chi connectivity index (χ0v) is 17.9. The number of hydrogen-bond acceptors (Lipinski definition) is 5. The number of rotatable bonds is 7. The summed E-state index contributed by atoms with van der Waals surface area (Å²) in [6.07, 6.45) is 0. The predicted molar refractivity (Wildman–Crippen MR) is 116 cm³/mol. The number of nitrogens with zero attached hydrogens (tertiary/aromatic N) is 2. The Kier molecular flexibility index (Phi) is 7.36. The number of carbonyl (C=O) groups excluding carboxylic acids is 1. The van der Waals surface area contributed by atoms with Crippen LogP contribution in [0.3, 0.4) is 0 Å². The molecule has 3 rings (SSSR count). The summed E-state index contributed by atoms with van der Waals surface area (Å²) in [6, 6.07) is 13.1. The van der Waals surface area contributed by atoms with Gasteiger partial charge in [0.25, 0.3) is 0 Å². The molecule has 0 aromatic heterocycles.